The van der Waals surface area contributed by atoms with Gasteiger partial charge in [-0.1, -0.05) is 12.1 Å². The third kappa shape index (κ3) is 3.35. The van der Waals surface area contributed by atoms with Gasteiger partial charge in [-0.3, -0.25) is 9.78 Å². The second-order valence-corrected chi connectivity index (χ2v) is 7.49. The molecule has 1 amide bonds. The SMILES string of the molecule is Cc1cnc2c(S(=O)(=O)NCC(=O)N3CCCC3)cccc2c1. The molecule has 3 rings (SSSR count). The number of fused-ring (bicyclic) bond motifs is 1. The van der Waals surface area contributed by atoms with Crippen molar-refractivity contribution in [3.63, 3.8) is 0 Å². The number of benzene rings is 1. The first-order chi connectivity index (χ1) is 11.0. The van der Waals surface area contributed by atoms with Crippen LogP contribution in [-0.4, -0.2) is 43.8 Å². The van der Waals surface area contributed by atoms with Crippen molar-refractivity contribution in [2.75, 3.05) is 19.6 Å². The van der Waals surface area contributed by atoms with Gasteiger partial charge in [0.2, 0.25) is 15.9 Å². The van der Waals surface area contributed by atoms with Crippen LogP contribution >= 0.6 is 0 Å². The number of sulfonamides is 1. The van der Waals surface area contributed by atoms with Crippen LogP contribution in [0, 0.1) is 6.92 Å². The number of carbonyl (C=O) groups excluding carboxylic acids is 1. The first kappa shape index (κ1) is 15.9. The van der Waals surface area contributed by atoms with E-state index in [9.17, 15) is 13.2 Å². The average molecular weight is 333 g/mol. The Morgan fingerprint density at radius 3 is 2.78 bits per heavy atom. The number of nitrogens with zero attached hydrogens (tertiary/aromatic N) is 2. The molecule has 6 nitrogen and oxygen atoms in total. The van der Waals surface area contributed by atoms with E-state index in [4.69, 9.17) is 0 Å². The van der Waals surface area contributed by atoms with E-state index in [2.05, 4.69) is 9.71 Å². The predicted octanol–water partition coefficient (Wildman–Crippen LogP) is 1.44. The van der Waals surface area contributed by atoms with Crippen molar-refractivity contribution in [3.8, 4) is 0 Å². The molecule has 23 heavy (non-hydrogen) atoms. The molecule has 2 heterocycles. The van der Waals surface area contributed by atoms with Crippen LogP contribution in [-0.2, 0) is 14.8 Å². The largest absolute Gasteiger partial charge is 0.342 e. The highest BCUT2D eigenvalue weighted by Gasteiger charge is 2.22. The maximum atomic E-state index is 12.5. The lowest BCUT2D eigenvalue weighted by molar-refractivity contribution is -0.128. The highest BCUT2D eigenvalue weighted by Crippen LogP contribution is 2.21. The lowest BCUT2D eigenvalue weighted by Gasteiger charge is -2.16. The van der Waals surface area contributed by atoms with Gasteiger partial charge >= 0.3 is 0 Å². The van der Waals surface area contributed by atoms with Crippen molar-refractivity contribution in [2.45, 2.75) is 24.7 Å². The van der Waals surface area contributed by atoms with Crippen molar-refractivity contribution >= 4 is 26.8 Å². The minimum atomic E-state index is -3.78. The maximum Gasteiger partial charge on any atom is 0.243 e. The Hall–Kier alpha value is -1.99. The molecule has 0 unspecified atom stereocenters. The summed E-state index contributed by atoms with van der Waals surface area (Å²) in [6, 6.07) is 6.90. The van der Waals surface area contributed by atoms with Crippen LogP contribution in [0.1, 0.15) is 18.4 Å². The molecular formula is C16H19N3O3S. The van der Waals surface area contributed by atoms with Crippen LogP contribution in [0.15, 0.2) is 35.4 Å². The molecule has 7 heteroatoms. The summed E-state index contributed by atoms with van der Waals surface area (Å²) in [5.74, 6) is -0.185. The van der Waals surface area contributed by atoms with Gasteiger partial charge in [-0.2, -0.15) is 0 Å². The Morgan fingerprint density at radius 1 is 1.30 bits per heavy atom. The highest BCUT2D eigenvalue weighted by atomic mass is 32.2. The van der Waals surface area contributed by atoms with Crippen molar-refractivity contribution in [1.29, 1.82) is 0 Å². The summed E-state index contributed by atoms with van der Waals surface area (Å²) in [6.45, 7) is 3.09. The summed E-state index contributed by atoms with van der Waals surface area (Å²) < 4.78 is 27.5. The molecule has 1 aliphatic rings. The van der Waals surface area contributed by atoms with Gasteiger partial charge < -0.3 is 4.90 Å². The van der Waals surface area contributed by atoms with Gasteiger partial charge in [0, 0.05) is 24.7 Å². The molecule has 0 bridgehead atoms. The minimum absolute atomic E-state index is 0.101. The Morgan fingerprint density at radius 2 is 2.04 bits per heavy atom. The predicted molar refractivity (Wildman–Crippen MR) is 87.5 cm³/mol. The van der Waals surface area contributed by atoms with Gasteiger partial charge in [-0.25, -0.2) is 13.1 Å². The Kier molecular flexibility index (Phi) is 4.32. The fourth-order valence-electron chi connectivity index (χ4n) is 2.77. The number of hydrogen-bond acceptors (Lipinski definition) is 4. The Labute approximate surface area is 135 Å². The fraction of sp³-hybridized carbons (Fsp3) is 0.375. The molecule has 1 saturated heterocycles. The smallest absolute Gasteiger partial charge is 0.243 e. The second kappa shape index (κ2) is 6.25. The van der Waals surface area contributed by atoms with E-state index < -0.39 is 10.0 Å². The zero-order chi connectivity index (χ0) is 16.4. The highest BCUT2D eigenvalue weighted by molar-refractivity contribution is 7.89. The van der Waals surface area contributed by atoms with Crippen molar-refractivity contribution in [1.82, 2.24) is 14.6 Å². The van der Waals surface area contributed by atoms with E-state index in [1.807, 2.05) is 19.1 Å². The minimum Gasteiger partial charge on any atom is -0.342 e. The molecule has 122 valence electrons. The Bertz CT molecular complexity index is 843. The average Bonchev–Trinajstić information content (AvgIpc) is 3.06. The monoisotopic (exact) mass is 333 g/mol. The number of pyridine rings is 1. The van der Waals surface area contributed by atoms with Gasteiger partial charge in [0.15, 0.2) is 0 Å². The molecule has 1 fully saturated rings. The van der Waals surface area contributed by atoms with Crippen LogP contribution in [0.5, 0.6) is 0 Å². The summed E-state index contributed by atoms with van der Waals surface area (Å²) in [4.78, 5) is 18.0. The van der Waals surface area contributed by atoms with Crippen molar-refractivity contribution < 1.29 is 13.2 Å². The third-order valence-electron chi connectivity index (χ3n) is 3.97. The number of hydrogen-bond donors (Lipinski definition) is 1. The molecule has 0 radical (unpaired) electrons. The molecule has 1 aromatic heterocycles. The molecular weight excluding hydrogens is 314 g/mol. The summed E-state index contributed by atoms with van der Waals surface area (Å²) in [6.07, 6.45) is 3.59. The van der Waals surface area contributed by atoms with Crippen LogP contribution in [0.25, 0.3) is 10.9 Å². The number of nitrogens with one attached hydrogen (secondary N) is 1. The Balaban J connectivity index is 1.83. The van der Waals surface area contributed by atoms with Crippen molar-refractivity contribution in [2.24, 2.45) is 0 Å². The van der Waals surface area contributed by atoms with Gasteiger partial charge in [0.25, 0.3) is 0 Å². The zero-order valence-corrected chi connectivity index (χ0v) is 13.8. The molecule has 0 saturated carbocycles. The third-order valence-corrected chi connectivity index (χ3v) is 5.41. The van der Waals surface area contributed by atoms with Gasteiger partial charge in [0.05, 0.1) is 12.1 Å². The molecule has 0 spiro atoms. The van der Waals surface area contributed by atoms with Gasteiger partial charge in [-0.15, -0.1) is 0 Å². The van der Waals surface area contributed by atoms with Crippen LogP contribution in [0.3, 0.4) is 0 Å². The lowest BCUT2D eigenvalue weighted by atomic mass is 10.2. The van der Waals surface area contributed by atoms with E-state index >= 15 is 0 Å². The first-order valence-electron chi connectivity index (χ1n) is 7.60. The number of amides is 1. The zero-order valence-electron chi connectivity index (χ0n) is 12.9. The molecule has 0 aliphatic carbocycles. The number of rotatable bonds is 4. The van der Waals surface area contributed by atoms with Gasteiger partial charge in [-0.05, 0) is 37.5 Å². The summed E-state index contributed by atoms with van der Waals surface area (Å²) in [5, 5.41) is 0.763. The van der Waals surface area contributed by atoms with E-state index in [0.29, 0.717) is 18.6 Å². The molecule has 1 aromatic carbocycles. The van der Waals surface area contributed by atoms with E-state index in [-0.39, 0.29) is 17.3 Å². The summed E-state index contributed by atoms with van der Waals surface area (Å²) >= 11 is 0. The number of para-hydroxylation sites is 1. The van der Waals surface area contributed by atoms with E-state index in [0.717, 1.165) is 23.8 Å². The van der Waals surface area contributed by atoms with Gasteiger partial charge in [0.1, 0.15) is 4.90 Å². The summed E-state index contributed by atoms with van der Waals surface area (Å²) in [5.41, 5.74) is 1.38. The van der Waals surface area contributed by atoms with Crippen LogP contribution in [0.2, 0.25) is 0 Å². The quantitative estimate of drug-likeness (QED) is 0.918. The van der Waals surface area contributed by atoms with E-state index in [1.165, 1.54) is 6.07 Å². The molecule has 0 atom stereocenters. The lowest BCUT2D eigenvalue weighted by Crippen LogP contribution is -2.38. The standard InChI is InChI=1S/C16H19N3O3S/c1-12-9-13-5-4-6-14(16(13)17-10-12)23(21,22)18-11-15(20)19-7-2-3-8-19/h4-6,9-10,18H,2-3,7-8,11H2,1H3. The van der Waals surface area contributed by atoms with Crippen LogP contribution in [0.4, 0.5) is 0 Å². The number of aryl methyl sites for hydroxylation is 1. The molecule has 1 N–H and O–H groups in total. The number of carbonyl (C=O) groups is 1. The normalized spacial score (nSPS) is 15.3. The number of aromatic nitrogens is 1. The molecule has 1 aliphatic heterocycles. The number of likely N-dealkylation sites (tertiary alicyclic amines) is 1. The van der Waals surface area contributed by atoms with E-state index in [1.54, 1.807) is 17.2 Å². The summed E-state index contributed by atoms with van der Waals surface area (Å²) in [7, 11) is -3.78. The maximum absolute atomic E-state index is 12.5. The molecule has 2 aromatic rings. The fourth-order valence-corrected chi connectivity index (χ4v) is 3.92. The topological polar surface area (TPSA) is 79.4 Å². The van der Waals surface area contributed by atoms with Crippen LogP contribution < -0.4 is 4.72 Å². The second-order valence-electron chi connectivity index (χ2n) is 5.75. The van der Waals surface area contributed by atoms with Crippen molar-refractivity contribution in [3.05, 3.63) is 36.0 Å². The first-order valence-corrected chi connectivity index (χ1v) is 9.08.